The van der Waals surface area contributed by atoms with Crippen LogP contribution < -0.4 is 87.2 Å². The molecular formula is C53H100N16O13. The van der Waals surface area contributed by atoms with Crippen molar-refractivity contribution in [1.29, 1.82) is 0 Å². The first-order valence-corrected chi connectivity index (χ1v) is 28.8. The van der Waals surface area contributed by atoms with Crippen molar-refractivity contribution in [1.82, 2.24) is 58.5 Å². The van der Waals surface area contributed by atoms with E-state index in [-0.39, 0.29) is 95.9 Å². The lowest BCUT2D eigenvalue weighted by molar-refractivity contribution is -0.137. The van der Waals surface area contributed by atoms with Crippen molar-refractivity contribution in [2.45, 2.75) is 211 Å². The lowest BCUT2D eigenvalue weighted by Gasteiger charge is -2.29. The van der Waals surface area contributed by atoms with Crippen molar-refractivity contribution in [2.24, 2.45) is 46.4 Å². The number of rotatable bonds is 29. The molecule has 1 heterocycles. The molecule has 82 heavy (non-hydrogen) atoms. The Bertz CT molecular complexity index is 2070. The van der Waals surface area contributed by atoms with Crippen molar-refractivity contribution in [2.75, 3.05) is 39.3 Å². The largest absolute Gasteiger partial charge is 0.391 e. The van der Waals surface area contributed by atoms with Crippen molar-refractivity contribution < 1.29 is 63.0 Å². The first-order valence-electron chi connectivity index (χ1n) is 28.8. The van der Waals surface area contributed by atoms with Gasteiger partial charge >= 0.3 is 0 Å². The van der Waals surface area contributed by atoms with E-state index < -0.39 is 151 Å². The molecule has 13 atom stereocenters. The van der Waals surface area contributed by atoms with E-state index in [0.717, 1.165) is 19.3 Å². The molecule has 29 nitrogen and oxygen atoms in total. The summed E-state index contributed by atoms with van der Waals surface area (Å²) in [5.74, 6) is -9.49. The summed E-state index contributed by atoms with van der Waals surface area (Å²) in [7, 11) is 0. The fraction of sp³-hybridized carbons (Fsp3) is 0.792. The number of carbonyl (C=O) groups is 11. The Kier molecular flexibility index (Phi) is 35.5. The van der Waals surface area contributed by atoms with Crippen LogP contribution in [0.2, 0.25) is 0 Å². The normalized spacial score (nSPS) is 23.4. The van der Waals surface area contributed by atoms with Gasteiger partial charge in [0, 0.05) is 13.0 Å². The molecular weight excluding hydrogens is 1070 g/mol. The van der Waals surface area contributed by atoms with Crippen LogP contribution in [0.25, 0.3) is 0 Å². The van der Waals surface area contributed by atoms with Gasteiger partial charge in [-0.25, -0.2) is 0 Å². The molecule has 0 aromatic heterocycles. The van der Waals surface area contributed by atoms with Gasteiger partial charge in [0.1, 0.15) is 60.4 Å². The van der Waals surface area contributed by atoms with E-state index in [1.807, 2.05) is 0 Å². The summed E-state index contributed by atoms with van der Waals surface area (Å²) in [5, 5.41) is 49.5. The number of aliphatic hydroxyl groups excluding tert-OH is 2. The minimum absolute atomic E-state index is 0.0131. The van der Waals surface area contributed by atoms with Crippen LogP contribution in [-0.4, -0.2) is 187 Å². The van der Waals surface area contributed by atoms with Gasteiger partial charge < -0.3 is 97.4 Å². The smallest absolute Gasteiger partial charge is 0.245 e. The number of hydrogen-bond donors (Lipinski definition) is 18. The van der Waals surface area contributed by atoms with Gasteiger partial charge in [-0.2, -0.15) is 0 Å². The molecule has 0 radical (unpaired) electrons. The van der Waals surface area contributed by atoms with Crippen LogP contribution in [0.4, 0.5) is 0 Å². The topological polar surface area (TPSA) is 491 Å². The zero-order valence-electron chi connectivity index (χ0n) is 49.4. The highest BCUT2D eigenvalue weighted by molar-refractivity contribution is 5.99. The van der Waals surface area contributed by atoms with Crippen molar-refractivity contribution in [3.05, 3.63) is 0 Å². The average Bonchev–Trinajstić information content (AvgIpc) is 3.41. The zero-order chi connectivity index (χ0) is 62.2. The Morgan fingerprint density at radius 3 is 1.39 bits per heavy atom. The molecule has 0 aromatic carbocycles. The third-order valence-electron chi connectivity index (χ3n) is 13.7. The molecule has 0 bridgehead atoms. The standard InChI is InChI=1S/C53H100N16O13/c1-9-30(6)12-10-11-13-41(72)60-33(14-20-54)48(77)69-43(32(8)71)53(82)65-36(17-23-57)45(74)64-38-19-25-59-52(81)42(31(7)70)68-49(78)37(18-24-58)62-44(73)34(15-21-55)63-50(79)39(26-28(2)3)67-51(80)40(27-29(4)5)66-46(75)35(16-22-56)61-47(38)76/h28-40,42-43,70-71H,9-27,54-58H2,1-8H3,(H,59,81)(H,60,72)(H,61,76)(H,62,73)(H,63,79)(H,64,74)(H,65,82)(H,66,75)(H,67,80)(H,68,78)(H,69,77)/t30-,31-,32-,33-,34-,35-,36-,37-,38-,39-,40+,42-,43-/m0/s1. The van der Waals surface area contributed by atoms with Gasteiger partial charge in [0.05, 0.1) is 12.2 Å². The van der Waals surface area contributed by atoms with Crippen LogP contribution in [0.15, 0.2) is 0 Å². The number of hydrogen-bond acceptors (Lipinski definition) is 18. The first kappa shape index (κ1) is 73.9. The molecule has 0 aliphatic carbocycles. The predicted molar refractivity (Wildman–Crippen MR) is 305 cm³/mol. The Labute approximate surface area is 482 Å². The van der Waals surface area contributed by atoms with Gasteiger partial charge in [0.25, 0.3) is 0 Å². The van der Waals surface area contributed by atoms with Gasteiger partial charge in [-0.05, 0) is 122 Å². The molecule has 1 fully saturated rings. The minimum Gasteiger partial charge on any atom is -0.391 e. The van der Waals surface area contributed by atoms with Gasteiger partial charge in [-0.3, -0.25) is 52.7 Å². The summed E-state index contributed by atoms with van der Waals surface area (Å²) in [4.78, 5) is 153. The molecule has 1 aliphatic heterocycles. The summed E-state index contributed by atoms with van der Waals surface area (Å²) in [6.45, 7) is 12.6. The SMILES string of the molecule is CC[C@H](C)CCCCC(=O)N[C@@H](CCN)C(=O)N[C@H](C(=O)N[C@@H](CCN)C(=O)N[C@H]1CCNC(=O)[C@H]([C@H](C)O)NC(=O)[C@H](CCN)NC(=O)[C@H](CCN)NC(=O)[C@H](CC(C)C)NC(=O)[C@@H](CC(C)C)NC(=O)[C@H](CCN)NC1=O)[C@H](C)O. The molecule has 0 saturated carbocycles. The maximum absolute atomic E-state index is 14.4. The van der Waals surface area contributed by atoms with Crippen molar-refractivity contribution in [3.8, 4) is 0 Å². The molecule has 29 heteroatoms. The van der Waals surface area contributed by atoms with E-state index in [2.05, 4.69) is 72.3 Å². The maximum Gasteiger partial charge on any atom is 0.245 e. The lowest BCUT2D eigenvalue weighted by atomic mass is 9.99. The summed E-state index contributed by atoms with van der Waals surface area (Å²) in [5.41, 5.74) is 29.2. The molecule has 1 saturated heterocycles. The van der Waals surface area contributed by atoms with E-state index in [1.165, 1.54) is 13.8 Å². The van der Waals surface area contributed by atoms with Gasteiger partial charge in [-0.1, -0.05) is 60.8 Å². The number of amides is 11. The zero-order valence-corrected chi connectivity index (χ0v) is 49.4. The third-order valence-corrected chi connectivity index (χ3v) is 13.7. The minimum atomic E-state index is -1.69. The third kappa shape index (κ3) is 27.3. The van der Waals surface area contributed by atoms with Crippen LogP contribution in [0.3, 0.4) is 0 Å². The highest BCUT2D eigenvalue weighted by Crippen LogP contribution is 2.14. The second-order valence-electron chi connectivity index (χ2n) is 22.0. The Morgan fingerprint density at radius 2 is 0.963 bits per heavy atom. The summed E-state index contributed by atoms with van der Waals surface area (Å²) < 4.78 is 0. The highest BCUT2D eigenvalue weighted by atomic mass is 16.3. The molecule has 470 valence electrons. The van der Waals surface area contributed by atoms with Crippen molar-refractivity contribution >= 4 is 65.0 Å². The Hall–Kier alpha value is -6.11. The maximum atomic E-state index is 14.4. The fourth-order valence-electron chi connectivity index (χ4n) is 8.76. The molecule has 1 aliphatic rings. The number of aliphatic hydroxyl groups is 2. The second-order valence-corrected chi connectivity index (χ2v) is 22.0. The van der Waals surface area contributed by atoms with Crippen molar-refractivity contribution in [3.63, 3.8) is 0 Å². The van der Waals surface area contributed by atoms with E-state index in [0.29, 0.717) is 12.3 Å². The number of unbranched alkanes of at least 4 members (excludes halogenated alkanes) is 1. The molecule has 1 rings (SSSR count). The van der Waals surface area contributed by atoms with Crippen LogP contribution >= 0.6 is 0 Å². The predicted octanol–water partition coefficient (Wildman–Crippen LogP) is -5.44. The van der Waals surface area contributed by atoms with Gasteiger partial charge in [0.15, 0.2) is 0 Å². The average molecular weight is 1170 g/mol. The van der Waals surface area contributed by atoms with Gasteiger partial charge in [-0.15, -0.1) is 0 Å². The number of carbonyl (C=O) groups excluding carboxylic acids is 11. The van der Waals surface area contributed by atoms with Crippen LogP contribution in [0.5, 0.6) is 0 Å². The quantitative estimate of drug-likeness (QED) is 0.0311. The molecule has 23 N–H and O–H groups in total. The monoisotopic (exact) mass is 1170 g/mol. The van der Waals surface area contributed by atoms with E-state index in [9.17, 15) is 63.0 Å². The molecule has 0 unspecified atom stereocenters. The summed E-state index contributed by atoms with van der Waals surface area (Å²) in [6, 6.07) is -14.5. The Morgan fingerprint density at radius 1 is 0.524 bits per heavy atom. The summed E-state index contributed by atoms with van der Waals surface area (Å²) >= 11 is 0. The van der Waals surface area contributed by atoms with Crippen LogP contribution in [0.1, 0.15) is 139 Å². The Balaban J connectivity index is 3.81. The summed E-state index contributed by atoms with van der Waals surface area (Å²) in [6.07, 6.45) is -0.760. The van der Waals surface area contributed by atoms with Crippen LogP contribution in [-0.2, 0) is 52.7 Å². The first-order chi connectivity index (χ1) is 38.7. The van der Waals surface area contributed by atoms with Gasteiger partial charge in [0.2, 0.25) is 65.0 Å². The molecule has 0 aromatic rings. The second kappa shape index (κ2) is 39.4. The van der Waals surface area contributed by atoms with E-state index in [4.69, 9.17) is 28.7 Å². The number of nitrogens with one attached hydrogen (secondary N) is 11. The molecule has 11 amide bonds. The lowest BCUT2D eigenvalue weighted by Crippen LogP contribution is -2.62. The molecule has 0 spiro atoms. The van der Waals surface area contributed by atoms with Crippen LogP contribution in [0, 0.1) is 17.8 Å². The highest BCUT2D eigenvalue weighted by Gasteiger charge is 2.37. The fourth-order valence-corrected chi connectivity index (χ4v) is 8.76. The van der Waals surface area contributed by atoms with E-state index in [1.54, 1.807) is 27.7 Å². The van der Waals surface area contributed by atoms with E-state index >= 15 is 0 Å². The number of nitrogens with two attached hydrogens (primary N) is 5.